The normalized spacial score (nSPS) is 21.9. The van der Waals surface area contributed by atoms with Crippen LogP contribution in [0.4, 0.5) is 8.78 Å². The number of benzene rings is 1. The summed E-state index contributed by atoms with van der Waals surface area (Å²) in [7, 11) is 0. The molecular weight excluding hydrogens is 264 g/mol. The van der Waals surface area contributed by atoms with Gasteiger partial charge in [-0.3, -0.25) is 16.2 Å². The quantitative estimate of drug-likeness (QED) is 0.627. The van der Waals surface area contributed by atoms with E-state index in [-0.39, 0.29) is 12.1 Å². The van der Waals surface area contributed by atoms with Crippen LogP contribution in [-0.2, 0) is 11.2 Å². The molecule has 2 unspecified atom stereocenters. The lowest BCUT2D eigenvalue weighted by molar-refractivity contribution is -0.0448. The summed E-state index contributed by atoms with van der Waals surface area (Å²) in [6.45, 7) is 5.33. The lowest BCUT2D eigenvalue weighted by Gasteiger charge is -2.36. The van der Waals surface area contributed by atoms with Crippen LogP contribution in [0.3, 0.4) is 0 Å². The molecule has 1 aliphatic rings. The Morgan fingerprint density at radius 2 is 2.30 bits per heavy atom. The van der Waals surface area contributed by atoms with Crippen molar-refractivity contribution < 1.29 is 13.5 Å². The molecule has 20 heavy (non-hydrogen) atoms. The SMILES string of the molecule is CCN1CCOC(C(Cc2ccc(F)cc2F)NN)C1. The summed E-state index contributed by atoms with van der Waals surface area (Å²) in [5.41, 5.74) is 3.13. The van der Waals surface area contributed by atoms with Crippen LogP contribution in [0, 0.1) is 11.6 Å². The highest BCUT2D eigenvalue weighted by molar-refractivity contribution is 5.20. The van der Waals surface area contributed by atoms with Crippen molar-refractivity contribution in [3.63, 3.8) is 0 Å². The summed E-state index contributed by atoms with van der Waals surface area (Å²) in [6, 6.07) is 3.40. The van der Waals surface area contributed by atoms with Gasteiger partial charge in [0.25, 0.3) is 0 Å². The van der Waals surface area contributed by atoms with Gasteiger partial charge in [-0.25, -0.2) is 8.78 Å². The summed E-state index contributed by atoms with van der Waals surface area (Å²) in [4.78, 5) is 2.26. The second-order valence-electron chi connectivity index (χ2n) is 5.02. The molecule has 1 saturated heterocycles. The smallest absolute Gasteiger partial charge is 0.129 e. The van der Waals surface area contributed by atoms with E-state index in [1.165, 1.54) is 12.1 Å². The molecule has 112 valence electrons. The molecule has 0 amide bonds. The van der Waals surface area contributed by atoms with Gasteiger partial charge in [0, 0.05) is 19.2 Å². The van der Waals surface area contributed by atoms with Crippen molar-refractivity contribution in [2.24, 2.45) is 5.84 Å². The Morgan fingerprint density at radius 1 is 1.50 bits per heavy atom. The lowest BCUT2D eigenvalue weighted by atomic mass is 10.00. The number of hydrogen-bond donors (Lipinski definition) is 2. The molecule has 0 bridgehead atoms. The number of ether oxygens (including phenoxy) is 1. The third-order valence-electron chi connectivity index (χ3n) is 3.74. The second-order valence-corrected chi connectivity index (χ2v) is 5.02. The highest BCUT2D eigenvalue weighted by Crippen LogP contribution is 2.16. The number of likely N-dealkylation sites (N-methyl/N-ethyl adjacent to an activating group) is 1. The fourth-order valence-electron chi connectivity index (χ4n) is 2.48. The fourth-order valence-corrected chi connectivity index (χ4v) is 2.48. The van der Waals surface area contributed by atoms with Gasteiger partial charge in [0.1, 0.15) is 11.6 Å². The molecule has 2 atom stereocenters. The van der Waals surface area contributed by atoms with Crippen LogP contribution in [0.2, 0.25) is 0 Å². The van der Waals surface area contributed by atoms with E-state index in [1.54, 1.807) is 0 Å². The van der Waals surface area contributed by atoms with Crippen LogP contribution in [-0.4, -0.2) is 43.3 Å². The monoisotopic (exact) mass is 285 g/mol. The van der Waals surface area contributed by atoms with Crippen LogP contribution >= 0.6 is 0 Å². The van der Waals surface area contributed by atoms with E-state index in [2.05, 4.69) is 17.2 Å². The third kappa shape index (κ3) is 3.73. The minimum absolute atomic E-state index is 0.0989. The molecule has 1 aromatic rings. The highest BCUT2D eigenvalue weighted by Gasteiger charge is 2.27. The van der Waals surface area contributed by atoms with E-state index in [4.69, 9.17) is 10.6 Å². The molecule has 1 aliphatic heterocycles. The maximum atomic E-state index is 13.7. The molecule has 1 aromatic carbocycles. The van der Waals surface area contributed by atoms with Crippen molar-refractivity contribution in [1.82, 2.24) is 10.3 Å². The van der Waals surface area contributed by atoms with Crippen LogP contribution in [0.25, 0.3) is 0 Å². The number of rotatable bonds is 5. The molecule has 6 heteroatoms. The van der Waals surface area contributed by atoms with E-state index in [0.717, 1.165) is 25.7 Å². The first kappa shape index (κ1) is 15.3. The first-order chi connectivity index (χ1) is 9.63. The molecule has 0 aromatic heterocycles. The molecule has 1 heterocycles. The van der Waals surface area contributed by atoms with Crippen molar-refractivity contribution >= 4 is 0 Å². The number of nitrogens with zero attached hydrogens (tertiary/aromatic N) is 1. The predicted molar refractivity (Wildman–Crippen MR) is 73.0 cm³/mol. The number of hydrazine groups is 1. The molecule has 3 N–H and O–H groups in total. The van der Waals surface area contributed by atoms with Crippen molar-refractivity contribution in [2.75, 3.05) is 26.2 Å². The van der Waals surface area contributed by atoms with Gasteiger partial charge in [-0.15, -0.1) is 0 Å². The van der Waals surface area contributed by atoms with Gasteiger partial charge in [-0.05, 0) is 24.6 Å². The number of nitrogens with one attached hydrogen (secondary N) is 1. The Hall–Kier alpha value is -1.08. The standard InChI is InChI=1S/C14H21F2N3O/c1-2-19-5-6-20-14(9-19)13(18-17)7-10-3-4-11(15)8-12(10)16/h3-4,8,13-14,18H,2,5-7,9,17H2,1H3. The summed E-state index contributed by atoms with van der Waals surface area (Å²) < 4.78 is 32.3. The number of halogens is 2. The van der Waals surface area contributed by atoms with Gasteiger partial charge in [0.2, 0.25) is 0 Å². The van der Waals surface area contributed by atoms with Crippen LogP contribution < -0.4 is 11.3 Å². The molecule has 0 saturated carbocycles. The summed E-state index contributed by atoms with van der Waals surface area (Å²) in [5.74, 6) is 4.45. The van der Waals surface area contributed by atoms with E-state index in [0.29, 0.717) is 18.6 Å². The van der Waals surface area contributed by atoms with Crippen LogP contribution in [0.1, 0.15) is 12.5 Å². The Morgan fingerprint density at radius 3 is 2.95 bits per heavy atom. The maximum Gasteiger partial charge on any atom is 0.129 e. The van der Waals surface area contributed by atoms with E-state index in [1.807, 2.05) is 0 Å². The van der Waals surface area contributed by atoms with Gasteiger partial charge in [0.15, 0.2) is 0 Å². The van der Waals surface area contributed by atoms with E-state index < -0.39 is 11.6 Å². The molecule has 0 radical (unpaired) electrons. The van der Waals surface area contributed by atoms with Crippen LogP contribution in [0.5, 0.6) is 0 Å². The number of hydrogen-bond acceptors (Lipinski definition) is 4. The van der Waals surface area contributed by atoms with Crippen molar-refractivity contribution in [2.45, 2.75) is 25.5 Å². The van der Waals surface area contributed by atoms with E-state index >= 15 is 0 Å². The molecule has 0 spiro atoms. The topological polar surface area (TPSA) is 50.5 Å². The van der Waals surface area contributed by atoms with Crippen molar-refractivity contribution in [3.05, 3.63) is 35.4 Å². The van der Waals surface area contributed by atoms with Gasteiger partial charge < -0.3 is 4.74 Å². The molecule has 0 aliphatic carbocycles. The lowest BCUT2D eigenvalue weighted by Crippen LogP contribution is -2.54. The first-order valence-corrected chi connectivity index (χ1v) is 6.88. The zero-order valence-corrected chi connectivity index (χ0v) is 11.6. The number of morpholine rings is 1. The predicted octanol–water partition coefficient (Wildman–Crippen LogP) is 1.06. The molecule has 1 fully saturated rings. The van der Waals surface area contributed by atoms with Gasteiger partial charge in [0.05, 0.1) is 18.8 Å². The van der Waals surface area contributed by atoms with Gasteiger partial charge in [-0.2, -0.15) is 0 Å². The summed E-state index contributed by atoms with van der Waals surface area (Å²) in [5, 5.41) is 0. The minimum atomic E-state index is -0.574. The minimum Gasteiger partial charge on any atom is -0.374 e. The van der Waals surface area contributed by atoms with Gasteiger partial charge >= 0.3 is 0 Å². The van der Waals surface area contributed by atoms with Gasteiger partial charge in [-0.1, -0.05) is 13.0 Å². The van der Waals surface area contributed by atoms with E-state index in [9.17, 15) is 8.78 Å². The Kier molecular flexibility index (Phi) is 5.42. The largest absolute Gasteiger partial charge is 0.374 e. The average molecular weight is 285 g/mol. The first-order valence-electron chi connectivity index (χ1n) is 6.88. The summed E-state index contributed by atoms with van der Waals surface area (Å²) in [6.07, 6.45) is 0.267. The Labute approximate surface area is 117 Å². The highest BCUT2D eigenvalue weighted by atomic mass is 19.1. The van der Waals surface area contributed by atoms with Crippen LogP contribution in [0.15, 0.2) is 18.2 Å². The Bertz CT molecular complexity index is 444. The third-order valence-corrected chi connectivity index (χ3v) is 3.74. The molecular formula is C14H21F2N3O. The van der Waals surface area contributed by atoms with Crippen molar-refractivity contribution in [1.29, 1.82) is 0 Å². The van der Waals surface area contributed by atoms with Crippen molar-refractivity contribution in [3.8, 4) is 0 Å². The molecule has 2 rings (SSSR count). The second kappa shape index (κ2) is 7.08. The zero-order chi connectivity index (χ0) is 14.5. The summed E-state index contributed by atoms with van der Waals surface area (Å²) >= 11 is 0. The maximum absolute atomic E-state index is 13.7. The molecule has 4 nitrogen and oxygen atoms in total. The average Bonchev–Trinajstić information content (AvgIpc) is 2.46. The fraction of sp³-hybridized carbons (Fsp3) is 0.571. The number of nitrogens with two attached hydrogens (primary N) is 1. The Balaban J connectivity index is 2.04. The zero-order valence-electron chi connectivity index (χ0n) is 11.6.